The number of nitrogens with two attached hydrogens (primary N) is 1. The number of rotatable bonds is 4. The van der Waals surface area contributed by atoms with Gasteiger partial charge in [-0.1, -0.05) is 40.7 Å². The van der Waals surface area contributed by atoms with Gasteiger partial charge in [0.05, 0.1) is 12.6 Å². The summed E-state index contributed by atoms with van der Waals surface area (Å²) in [6, 6.07) is 4.99. The van der Waals surface area contributed by atoms with Crippen molar-refractivity contribution < 1.29 is 10.2 Å². The Labute approximate surface area is 116 Å². The summed E-state index contributed by atoms with van der Waals surface area (Å²) in [6.07, 6.45) is 1.03. The van der Waals surface area contributed by atoms with E-state index in [0.29, 0.717) is 5.56 Å². The fourth-order valence-corrected chi connectivity index (χ4v) is 2.80. The standard InChI is InChI=1S/C16H27NO2/c1-15(2,3)10-16(4,5)11-6-7-14(19)12(8-11)13(17)9-18/h6-8,13,18-19H,9-10,17H2,1-5H3. The molecule has 1 rings (SSSR count). The van der Waals surface area contributed by atoms with E-state index in [9.17, 15) is 5.11 Å². The molecule has 0 aliphatic heterocycles. The monoisotopic (exact) mass is 265 g/mol. The predicted molar refractivity (Wildman–Crippen MR) is 79.2 cm³/mol. The van der Waals surface area contributed by atoms with E-state index in [-0.39, 0.29) is 23.2 Å². The lowest BCUT2D eigenvalue weighted by Gasteiger charge is -2.33. The SMILES string of the molecule is CC(C)(C)CC(C)(C)c1ccc(O)c(C(N)CO)c1. The van der Waals surface area contributed by atoms with Gasteiger partial charge in [-0.05, 0) is 34.9 Å². The highest BCUT2D eigenvalue weighted by molar-refractivity contribution is 5.41. The Bertz CT molecular complexity index is 433. The molecule has 3 heteroatoms. The molecule has 1 unspecified atom stereocenters. The normalized spacial score (nSPS) is 14.5. The van der Waals surface area contributed by atoms with Crippen LogP contribution in [0.3, 0.4) is 0 Å². The van der Waals surface area contributed by atoms with Gasteiger partial charge in [-0.25, -0.2) is 0 Å². The Kier molecular flexibility index (Phi) is 4.64. The predicted octanol–water partition coefficient (Wildman–Crippen LogP) is 3.10. The van der Waals surface area contributed by atoms with Crippen molar-refractivity contribution in [2.24, 2.45) is 11.1 Å². The number of aliphatic hydroxyl groups is 1. The smallest absolute Gasteiger partial charge is 0.120 e. The van der Waals surface area contributed by atoms with Crippen LogP contribution in [0.1, 0.15) is 58.2 Å². The van der Waals surface area contributed by atoms with Crippen molar-refractivity contribution in [1.29, 1.82) is 0 Å². The average molecular weight is 265 g/mol. The average Bonchev–Trinajstić information content (AvgIpc) is 2.25. The molecular formula is C16H27NO2. The number of phenolic OH excluding ortho intramolecular Hbond substituents is 1. The first-order valence-corrected chi connectivity index (χ1v) is 6.77. The van der Waals surface area contributed by atoms with Crippen LogP contribution >= 0.6 is 0 Å². The van der Waals surface area contributed by atoms with Crippen LogP contribution in [0.25, 0.3) is 0 Å². The minimum atomic E-state index is -0.537. The molecule has 0 heterocycles. The van der Waals surface area contributed by atoms with Crippen molar-refractivity contribution in [3.8, 4) is 5.75 Å². The first-order chi connectivity index (χ1) is 8.57. The van der Waals surface area contributed by atoms with E-state index in [4.69, 9.17) is 10.8 Å². The second-order valence-corrected chi connectivity index (χ2v) is 7.18. The van der Waals surface area contributed by atoms with E-state index in [1.54, 1.807) is 6.07 Å². The van der Waals surface area contributed by atoms with Crippen LogP contribution in [0.5, 0.6) is 5.75 Å². The van der Waals surface area contributed by atoms with Gasteiger partial charge in [0.2, 0.25) is 0 Å². The second kappa shape index (κ2) is 5.51. The maximum Gasteiger partial charge on any atom is 0.120 e. The number of aromatic hydroxyl groups is 1. The third-order valence-electron chi connectivity index (χ3n) is 3.38. The van der Waals surface area contributed by atoms with Crippen molar-refractivity contribution in [3.63, 3.8) is 0 Å². The summed E-state index contributed by atoms with van der Waals surface area (Å²) in [5.41, 5.74) is 7.79. The molecule has 1 atom stereocenters. The van der Waals surface area contributed by atoms with Gasteiger partial charge < -0.3 is 15.9 Å². The van der Waals surface area contributed by atoms with Crippen LogP contribution in [0.15, 0.2) is 18.2 Å². The highest BCUT2D eigenvalue weighted by Crippen LogP contribution is 2.38. The van der Waals surface area contributed by atoms with Crippen molar-refractivity contribution >= 4 is 0 Å². The summed E-state index contributed by atoms with van der Waals surface area (Å²) in [5, 5.41) is 19.0. The quantitative estimate of drug-likeness (QED) is 0.783. The summed E-state index contributed by atoms with van der Waals surface area (Å²) in [4.78, 5) is 0. The molecule has 0 radical (unpaired) electrons. The van der Waals surface area contributed by atoms with Crippen molar-refractivity contribution in [2.75, 3.05) is 6.61 Å². The van der Waals surface area contributed by atoms with E-state index in [1.165, 1.54) is 0 Å². The highest BCUT2D eigenvalue weighted by Gasteiger charge is 2.28. The fraction of sp³-hybridized carbons (Fsp3) is 0.625. The molecule has 1 aromatic carbocycles. The molecule has 19 heavy (non-hydrogen) atoms. The van der Waals surface area contributed by atoms with Crippen LogP contribution in [0.2, 0.25) is 0 Å². The molecular weight excluding hydrogens is 238 g/mol. The Balaban J connectivity index is 3.14. The summed E-state index contributed by atoms with van der Waals surface area (Å²) < 4.78 is 0. The maximum absolute atomic E-state index is 9.84. The Morgan fingerprint density at radius 3 is 2.21 bits per heavy atom. The van der Waals surface area contributed by atoms with E-state index in [0.717, 1.165) is 12.0 Å². The molecule has 108 valence electrons. The van der Waals surface area contributed by atoms with Crippen LogP contribution < -0.4 is 5.73 Å². The number of benzene rings is 1. The van der Waals surface area contributed by atoms with Crippen molar-refractivity contribution in [2.45, 2.75) is 52.5 Å². The molecule has 3 nitrogen and oxygen atoms in total. The van der Waals surface area contributed by atoms with Gasteiger partial charge in [-0.2, -0.15) is 0 Å². The molecule has 4 N–H and O–H groups in total. The van der Waals surface area contributed by atoms with E-state index < -0.39 is 6.04 Å². The lowest BCUT2D eigenvalue weighted by molar-refractivity contribution is 0.264. The summed E-state index contributed by atoms with van der Waals surface area (Å²) in [7, 11) is 0. The molecule has 0 bridgehead atoms. The molecule has 0 aromatic heterocycles. The van der Waals surface area contributed by atoms with Crippen LogP contribution in [-0.2, 0) is 5.41 Å². The van der Waals surface area contributed by atoms with E-state index >= 15 is 0 Å². The van der Waals surface area contributed by atoms with Crippen LogP contribution in [0, 0.1) is 5.41 Å². The molecule has 0 saturated carbocycles. The van der Waals surface area contributed by atoms with Gasteiger partial charge in [-0.3, -0.25) is 0 Å². The van der Waals surface area contributed by atoms with Crippen molar-refractivity contribution in [1.82, 2.24) is 0 Å². The third kappa shape index (κ3) is 4.22. The Hall–Kier alpha value is -1.06. The lowest BCUT2D eigenvalue weighted by atomic mass is 9.72. The zero-order chi connectivity index (χ0) is 14.8. The molecule has 0 aliphatic carbocycles. The summed E-state index contributed by atoms with van der Waals surface area (Å²) in [6.45, 7) is 10.9. The Morgan fingerprint density at radius 2 is 1.74 bits per heavy atom. The summed E-state index contributed by atoms with van der Waals surface area (Å²) >= 11 is 0. The minimum absolute atomic E-state index is 0.00409. The maximum atomic E-state index is 9.84. The largest absolute Gasteiger partial charge is 0.508 e. The molecule has 0 spiro atoms. The molecule has 0 saturated heterocycles. The van der Waals surface area contributed by atoms with Gasteiger partial charge in [0.1, 0.15) is 5.75 Å². The second-order valence-electron chi connectivity index (χ2n) is 7.18. The van der Waals surface area contributed by atoms with Crippen LogP contribution in [0.4, 0.5) is 0 Å². The topological polar surface area (TPSA) is 66.5 Å². The molecule has 0 amide bonds. The van der Waals surface area contributed by atoms with E-state index in [1.807, 2.05) is 12.1 Å². The number of hydrogen-bond acceptors (Lipinski definition) is 3. The Morgan fingerprint density at radius 1 is 1.16 bits per heavy atom. The number of aliphatic hydroxyl groups excluding tert-OH is 1. The minimum Gasteiger partial charge on any atom is -0.508 e. The van der Waals surface area contributed by atoms with Gasteiger partial charge in [0.25, 0.3) is 0 Å². The fourth-order valence-electron chi connectivity index (χ4n) is 2.80. The van der Waals surface area contributed by atoms with Crippen molar-refractivity contribution in [3.05, 3.63) is 29.3 Å². The zero-order valence-electron chi connectivity index (χ0n) is 12.7. The van der Waals surface area contributed by atoms with Gasteiger partial charge in [0.15, 0.2) is 0 Å². The van der Waals surface area contributed by atoms with Gasteiger partial charge >= 0.3 is 0 Å². The number of hydrogen-bond donors (Lipinski definition) is 3. The summed E-state index contributed by atoms with van der Waals surface area (Å²) in [5.74, 6) is 0.150. The van der Waals surface area contributed by atoms with Crippen LogP contribution in [-0.4, -0.2) is 16.8 Å². The first-order valence-electron chi connectivity index (χ1n) is 6.77. The van der Waals surface area contributed by atoms with E-state index in [2.05, 4.69) is 34.6 Å². The lowest BCUT2D eigenvalue weighted by Crippen LogP contribution is -2.25. The molecule has 0 fully saturated rings. The first kappa shape index (κ1) is 16.0. The van der Waals surface area contributed by atoms with Gasteiger partial charge in [0, 0.05) is 5.56 Å². The zero-order valence-corrected chi connectivity index (χ0v) is 12.7. The van der Waals surface area contributed by atoms with Gasteiger partial charge in [-0.15, -0.1) is 0 Å². The third-order valence-corrected chi connectivity index (χ3v) is 3.38. The number of phenols is 1. The molecule has 1 aromatic rings. The highest BCUT2D eigenvalue weighted by atomic mass is 16.3. The molecule has 0 aliphatic rings.